The molecular formula is C15H15F2N. The van der Waals surface area contributed by atoms with Crippen LogP contribution < -0.4 is 5.32 Å². The summed E-state index contributed by atoms with van der Waals surface area (Å²) in [5.74, 6) is -1.11. The van der Waals surface area contributed by atoms with Crippen LogP contribution in [-0.2, 0) is 6.42 Å². The van der Waals surface area contributed by atoms with Gasteiger partial charge in [0.25, 0.3) is 0 Å². The second-order valence-electron chi connectivity index (χ2n) is 4.17. The molecule has 3 heteroatoms. The van der Waals surface area contributed by atoms with Crippen molar-refractivity contribution in [3.63, 3.8) is 0 Å². The Morgan fingerprint density at radius 3 is 2.22 bits per heavy atom. The lowest BCUT2D eigenvalue weighted by molar-refractivity contribution is 0.584. The van der Waals surface area contributed by atoms with Crippen molar-refractivity contribution >= 4 is 5.69 Å². The van der Waals surface area contributed by atoms with Crippen molar-refractivity contribution in [1.82, 2.24) is 0 Å². The van der Waals surface area contributed by atoms with Gasteiger partial charge in [0.05, 0.1) is 0 Å². The van der Waals surface area contributed by atoms with Gasteiger partial charge in [-0.05, 0) is 30.5 Å². The van der Waals surface area contributed by atoms with Crippen LogP contribution in [0.2, 0.25) is 0 Å². The van der Waals surface area contributed by atoms with E-state index in [0.717, 1.165) is 18.9 Å². The van der Waals surface area contributed by atoms with Crippen LogP contribution in [0.4, 0.5) is 14.5 Å². The zero-order chi connectivity index (χ0) is 12.8. The summed E-state index contributed by atoms with van der Waals surface area (Å²) in [6.45, 7) is 0.692. The molecule has 2 rings (SSSR count). The highest BCUT2D eigenvalue weighted by Gasteiger charge is 1.99. The molecule has 0 radical (unpaired) electrons. The van der Waals surface area contributed by atoms with E-state index in [2.05, 4.69) is 17.4 Å². The zero-order valence-corrected chi connectivity index (χ0v) is 10.00. The van der Waals surface area contributed by atoms with Gasteiger partial charge >= 0.3 is 0 Å². The highest BCUT2D eigenvalue weighted by Crippen LogP contribution is 2.13. The summed E-state index contributed by atoms with van der Waals surface area (Å²) >= 11 is 0. The molecule has 94 valence electrons. The summed E-state index contributed by atoms with van der Waals surface area (Å²) in [5.41, 5.74) is 1.75. The molecule has 2 aromatic carbocycles. The SMILES string of the molecule is Fc1cc(F)cc(NCCCc2ccccc2)c1. The van der Waals surface area contributed by atoms with Gasteiger partial charge in [-0.2, -0.15) is 0 Å². The lowest BCUT2D eigenvalue weighted by atomic mass is 10.1. The van der Waals surface area contributed by atoms with Crippen LogP contribution >= 0.6 is 0 Å². The van der Waals surface area contributed by atoms with E-state index in [1.54, 1.807) is 0 Å². The zero-order valence-electron chi connectivity index (χ0n) is 10.00. The third-order valence-electron chi connectivity index (χ3n) is 2.68. The van der Waals surface area contributed by atoms with Gasteiger partial charge in [0, 0.05) is 18.3 Å². The average Bonchev–Trinajstić information content (AvgIpc) is 2.35. The van der Waals surface area contributed by atoms with E-state index in [1.807, 2.05) is 18.2 Å². The summed E-state index contributed by atoms with van der Waals surface area (Å²) in [7, 11) is 0. The Hall–Kier alpha value is -1.90. The van der Waals surface area contributed by atoms with Gasteiger partial charge in [-0.25, -0.2) is 8.78 Å². The maximum atomic E-state index is 12.9. The highest BCUT2D eigenvalue weighted by atomic mass is 19.1. The molecule has 18 heavy (non-hydrogen) atoms. The maximum Gasteiger partial charge on any atom is 0.128 e. The van der Waals surface area contributed by atoms with Gasteiger partial charge in [0.2, 0.25) is 0 Å². The van der Waals surface area contributed by atoms with E-state index in [9.17, 15) is 8.78 Å². The van der Waals surface area contributed by atoms with Crippen molar-refractivity contribution in [2.45, 2.75) is 12.8 Å². The fourth-order valence-electron chi connectivity index (χ4n) is 1.83. The number of hydrogen-bond acceptors (Lipinski definition) is 1. The number of nitrogens with one attached hydrogen (secondary N) is 1. The van der Waals surface area contributed by atoms with Crippen LogP contribution in [0, 0.1) is 11.6 Å². The van der Waals surface area contributed by atoms with E-state index in [4.69, 9.17) is 0 Å². The molecule has 0 saturated heterocycles. The van der Waals surface area contributed by atoms with Crippen LogP contribution in [0.1, 0.15) is 12.0 Å². The molecule has 0 aromatic heterocycles. The number of halogens is 2. The van der Waals surface area contributed by atoms with Gasteiger partial charge in [0.15, 0.2) is 0 Å². The van der Waals surface area contributed by atoms with Gasteiger partial charge in [-0.1, -0.05) is 30.3 Å². The third kappa shape index (κ3) is 3.84. The Labute approximate surface area is 105 Å². The summed E-state index contributed by atoms with van der Waals surface area (Å²) in [4.78, 5) is 0. The fourth-order valence-corrected chi connectivity index (χ4v) is 1.83. The second kappa shape index (κ2) is 6.15. The van der Waals surface area contributed by atoms with Crippen molar-refractivity contribution in [3.05, 3.63) is 65.7 Å². The number of hydrogen-bond donors (Lipinski definition) is 1. The first kappa shape index (κ1) is 12.6. The normalized spacial score (nSPS) is 10.3. The molecule has 0 aliphatic carbocycles. The minimum atomic E-state index is -0.555. The quantitative estimate of drug-likeness (QED) is 0.787. The van der Waals surface area contributed by atoms with E-state index < -0.39 is 11.6 Å². The Kier molecular flexibility index (Phi) is 4.29. The first-order chi connectivity index (χ1) is 8.74. The van der Waals surface area contributed by atoms with Crippen LogP contribution in [0.15, 0.2) is 48.5 Å². The molecule has 0 bridgehead atoms. The fraction of sp³-hybridized carbons (Fsp3) is 0.200. The number of rotatable bonds is 5. The van der Waals surface area contributed by atoms with Crippen molar-refractivity contribution in [2.24, 2.45) is 0 Å². The standard InChI is InChI=1S/C15H15F2N/c16-13-9-14(17)11-15(10-13)18-8-4-7-12-5-2-1-3-6-12/h1-3,5-6,9-11,18H,4,7-8H2. The Morgan fingerprint density at radius 1 is 0.889 bits per heavy atom. The largest absolute Gasteiger partial charge is 0.385 e. The minimum Gasteiger partial charge on any atom is -0.385 e. The summed E-state index contributed by atoms with van der Waals surface area (Å²) < 4.78 is 25.8. The van der Waals surface area contributed by atoms with Crippen LogP contribution in [0.25, 0.3) is 0 Å². The van der Waals surface area contributed by atoms with Gasteiger partial charge in [0.1, 0.15) is 11.6 Å². The molecule has 0 unspecified atom stereocenters. The van der Waals surface area contributed by atoms with Crippen molar-refractivity contribution in [2.75, 3.05) is 11.9 Å². The van der Waals surface area contributed by atoms with Gasteiger partial charge in [-0.3, -0.25) is 0 Å². The number of anilines is 1. The Morgan fingerprint density at radius 2 is 1.56 bits per heavy atom. The molecule has 1 nitrogen and oxygen atoms in total. The lowest BCUT2D eigenvalue weighted by Gasteiger charge is -2.06. The molecule has 1 N–H and O–H groups in total. The minimum absolute atomic E-state index is 0.487. The Balaban J connectivity index is 1.78. The molecule has 0 aliphatic rings. The van der Waals surface area contributed by atoms with Crippen LogP contribution in [0.3, 0.4) is 0 Å². The lowest BCUT2D eigenvalue weighted by Crippen LogP contribution is -2.03. The van der Waals surface area contributed by atoms with E-state index in [-0.39, 0.29) is 0 Å². The molecule has 0 aliphatic heterocycles. The maximum absolute atomic E-state index is 12.9. The number of aryl methyl sites for hydroxylation is 1. The average molecular weight is 247 g/mol. The van der Waals surface area contributed by atoms with E-state index in [0.29, 0.717) is 12.2 Å². The van der Waals surface area contributed by atoms with Crippen molar-refractivity contribution in [1.29, 1.82) is 0 Å². The monoisotopic (exact) mass is 247 g/mol. The predicted octanol–water partition coefficient (Wildman–Crippen LogP) is 4.01. The van der Waals surface area contributed by atoms with Crippen molar-refractivity contribution in [3.8, 4) is 0 Å². The molecule has 0 atom stereocenters. The molecular weight excluding hydrogens is 232 g/mol. The molecule has 2 aromatic rings. The molecule has 0 spiro atoms. The first-order valence-electron chi connectivity index (χ1n) is 5.98. The highest BCUT2D eigenvalue weighted by molar-refractivity contribution is 5.43. The third-order valence-corrected chi connectivity index (χ3v) is 2.68. The van der Waals surface area contributed by atoms with Gasteiger partial charge in [-0.15, -0.1) is 0 Å². The molecule has 0 heterocycles. The summed E-state index contributed by atoms with van der Waals surface area (Å²) in [5, 5.41) is 3.02. The van der Waals surface area contributed by atoms with Crippen molar-refractivity contribution < 1.29 is 8.78 Å². The van der Waals surface area contributed by atoms with Crippen LogP contribution in [-0.4, -0.2) is 6.54 Å². The topological polar surface area (TPSA) is 12.0 Å². The summed E-state index contributed by atoms with van der Waals surface area (Å²) in [6, 6.07) is 13.6. The van der Waals surface area contributed by atoms with E-state index >= 15 is 0 Å². The molecule has 0 amide bonds. The predicted molar refractivity (Wildman–Crippen MR) is 69.6 cm³/mol. The first-order valence-corrected chi connectivity index (χ1v) is 5.98. The number of benzene rings is 2. The Bertz CT molecular complexity index is 477. The summed E-state index contributed by atoms with van der Waals surface area (Å²) in [6.07, 6.45) is 1.87. The second-order valence-corrected chi connectivity index (χ2v) is 4.17. The molecule has 0 saturated carbocycles. The smallest absolute Gasteiger partial charge is 0.128 e. The molecule has 0 fully saturated rings. The van der Waals surface area contributed by atoms with E-state index in [1.165, 1.54) is 17.7 Å². The van der Waals surface area contributed by atoms with Gasteiger partial charge < -0.3 is 5.32 Å². The van der Waals surface area contributed by atoms with Crippen LogP contribution in [0.5, 0.6) is 0 Å².